The Balaban J connectivity index is 0.000000810. The van der Waals surface area contributed by atoms with E-state index in [4.69, 9.17) is 0 Å². The van der Waals surface area contributed by atoms with Crippen LogP contribution in [-0.4, -0.2) is 17.1 Å². The van der Waals surface area contributed by atoms with Crippen LogP contribution < -0.4 is 12.4 Å². The standard InChI is InChI=1S/C5H11N2OS.ClH/c8-6-7(9)4-2-1-3-5-7;/h9H,1-5H2;1H/q+1;/p-1. The van der Waals surface area contributed by atoms with E-state index in [-0.39, 0.29) is 16.4 Å². The molecule has 0 bridgehead atoms. The van der Waals surface area contributed by atoms with Crippen molar-refractivity contribution in [2.75, 3.05) is 13.1 Å². The van der Waals surface area contributed by atoms with Gasteiger partial charge in [0.05, 0.1) is 12.8 Å². The maximum absolute atomic E-state index is 10.1. The maximum Gasteiger partial charge on any atom is 0.165 e. The number of piperidine rings is 1. The highest BCUT2D eigenvalue weighted by Gasteiger charge is 2.28. The van der Waals surface area contributed by atoms with Gasteiger partial charge in [0.1, 0.15) is 13.1 Å². The molecule has 0 aliphatic carbocycles. The smallest absolute Gasteiger partial charge is 0.165 e. The fourth-order valence-corrected chi connectivity index (χ4v) is 1.38. The molecule has 1 heterocycles. The van der Waals surface area contributed by atoms with Crippen LogP contribution in [0.5, 0.6) is 0 Å². The van der Waals surface area contributed by atoms with Crippen LogP contribution in [0.4, 0.5) is 0 Å². The molecular weight excluding hydrogens is 172 g/mol. The van der Waals surface area contributed by atoms with Crippen molar-refractivity contribution in [1.82, 2.24) is 0 Å². The molecule has 1 saturated heterocycles. The third kappa shape index (κ3) is 2.44. The summed E-state index contributed by atoms with van der Waals surface area (Å²) in [6, 6.07) is 0. The number of thiol groups is 1. The van der Waals surface area contributed by atoms with E-state index in [0.29, 0.717) is 0 Å². The summed E-state index contributed by atoms with van der Waals surface area (Å²) in [5.74, 6) is 0. The summed E-state index contributed by atoms with van der Waals surface area (Å²) in [4.78, 5) is 10.1. The average Bonchev–Trinajstić information content (AvgIpc) is 1.90. The van der Waals surface area contributed by atoms with Crippen LogP contribution in [0.15, 0.2) is 5.29 Å². The summed E-state index contributed by atoms with van der Waals surface area (Å²) in [5.41, 5.74) is 0. The molecule has 0 amide bonds. The Morgan fingerprint density at radius 1 is 1.20 bits per heavy atom. The van der Waals surface area contributed by atoms with E-state index < -0.39 is 0 Å². The van der Waals surface area contributed by atoms with Crippen molar-refractivity contribution in [3.8, 4) is 0 Å². The van der Waals surface area contributed by atoms with Crippen LogP contribution in [-0.2, 0) is 0 Å². The highest BCUT2D eigenvalue weighted by molar-refractivity contribution is 7.74. The molecule has 1 aliphatic rings. The van der Waals surface area contributed by atoms with E-state index >= 15 is 0 Å². The molecule has 1 fully saturated rings. The predicted molar refractivity (Wildman–Crippen MR) is 38.6 cm³/mol. The molecule has 1 aliphatic heterocycles. The number of halogens is 1. The van der Waals surface area contributed by atoms with Crippen molar-refractivity contribution in [1.29, 1.82) is 0 Å². The van der Waals surface area contributed by atoms with Gasteiger partial charge in [-0.2, -0.15) is 0 Å². The second-order valence-electron chi connectivity index (χ2n) is 2.47. The normalized spacial score (nSPS) is 22.9. The highest BCUT2D eigenvalue weighted by Crippen LogP contribution is 2.21. The highest BCUT2D eigenvalue weighted by atomic mass is 35.5. The summed E-state index contributed by atoms with van der Waals surface area (Å²) in [5, 5.41) is 2.93. The number of quaternary nitrogens is 1. The third-order valence-corrected chi connectivity index (χ3v) is 2.16. The van der Waals surface area contributed by atoms with Gasteiger partial charge in [-0.1, -0.05) is 4.91 Å². The number of rotatable bonds is 1. The van der Waals surface area contributed by atoms with E-state index in [2.05, 4.69) is 18.1 Å². The number of hydrogen-bond acceptors (Lipinski definition) is 3. The zero-order chi connectivity index (χ0) is 6.74. The molecule has 3 nitrogen and oxygen atoms in total. The zero-order valence-corrected chi connectivity index (χ0v) is 7.31. The Hall–Kier alpha value is 0.200. The number of nitrogens with zero attached hydrogens (tertiary/aromatic N) is 2. The molecule has 0 aromatic rings. The van der Waals surface area contributed by atoms with Gasteiger partial charge in [0.15, 0.2) is 5.29 Å². The molecule has 10 heavy (non-hydrogen) atoms. The Morgan fingerprint density at radius 3 is 2.00 bits per heavy atom. The van der Waals surface area contributed by atoms with Crippen molar-refractivity contribution >= 4 is 12.8 Å². The van der Waals surface area contributed by atoms with Crippen LogP contribution in [0.1, 0.15) is 19.3 Å². The minimum absolute atomic E-state index is 0. The monoisotopic (exact) mass is 182 g/mol. The van der Waals surface area contributed by atoms with Crippen molar-refractivity contribution in [3.63, 3.8) is 0 Å². The maximum atomic E-state index is 10.1. The van der Waals surface area contributed by atoms with Gasteiger partial charge in [-0.15, -0.1) is 4.00 Å². The second kappa shape index (κ2) is 4.16. The first-order chi connectivity index (χ1) is 4.27. The summed E-state index contributed by atoms with van der Waals surface area (Å²) in [6.45, 7) is 1.60. The third-order valence-electron chi connectivity index (χ3n) is 1.68. The number of nitroso groups, excluding NO2 is 1. The van der Waals surface area contributed by atoms with Crippen molar-refractivity contribution < 1.29 is 16.4 Å². The Kier molecular flexibility index (Phi) is 4.24. The average molecular weight is 183 g/mol. The molecule has 0 N–H and O–H groups in total. The van der Waals surface area contributed by atoms with Crippen LogP contribution in [0.2, 0.25) is 0 Å². The van der Waals surface area contributed by atoms with Gasteiger partial charge in [-0.3, -0.25) is 0 Å². The molecule has 0 atom stereocenters. The lowest BCUT2D eigenvalue weighted by atomic mass is 10.2. The SMILES string of the molecule is O=N[N+]1(S)CCCCC1.[Cl-]. The van der Waals surface area contributed by atoms with Crippen molar-refractivity contribution in [2.45, 2.75) is 19.3 Å². The van der Waals surface area contributed by atoms with Gasteiger partial charge < -0.3 is 12.4 Å². The van der Waals surface area contributed by atoms with Crippen LogP contribution in [0, 0.1) is 4.91 Å². The van der Waals surface area contributed by atoms with Crippen LogP contribution >= 0.6 is 12.8 Å². The first kappa shape index (κ1) is 10.2. The molecule has 1 rings (SSSR count). The topological polar surface area (TPSA) is 29.4 Å². The molecule has 0 unspecified atom stereocenters. The minimum atomic E-state index is 0. The largest absolute Gasteiger partial charge is 1.00 e. The van der Waals surface area contributed by atoms with E-state index in [9.17, 15) is 4.91 Å². The second-order valence-corrected chi connectivity index (χ2v) is 3.21. The summed E-state index contributed by atoms with van der Waals surface area (Å²) in [6.07, 6.45) is 3.38. The Labute approximate surface area is 72.3 Å². The fourth-order valence-electron chi connectivity index (χ4n) is 1.10. The van der Waals surface area contributed by atoms with E-state index in [0.717, 1.165) is 25.9 Å². The molecule has 60 valence electrons. The van der Waals surface area contributed by atoms with Crippen LogP contribution in [0.25, 0.3) is 0 Å². The summed E-state index contributed by atoms with van der Waals surface area (Å²) < 4.78 is 0.0833. The Bertz CT molecular complexity index is 116. The predicted octanol–water partition coefficient (Wildman–Crippen LogP) is -1.48. The summed E-state index contributed by atoms with van der Waals surface area (Å²) in [7, 11) is 0. The van der Waals surface area contributed by atoms with Gasteiger partial charge in [0.2, 0.25) is 0 Å². The zero-order valence-electron chi connectivity index (χ0n) is 5.66. The molecule has 0 aromatic heterocycles. The molecule has 0 radical (unpaired) electrons. The lowest BCUT2D eigenvalue weighted by Gasteiger charge is -2.24. The van der Waals surface area contributed by atoms with E-state index in [1.54, 1.807) is 0 Å². The van der Waals surface area contributed by atoms with Gasteiger partial charge in [0, 0.05) is 12.8 Å². The van der Waals surface area contributed by atoms with Crippen molar-refractivity contribution in [2.24, 2.45) is 5.29 Å². The van der Waals surface area contributed by atoms with Gasteiger partial charge in [-0.05, 0) is 6.42 Å². The fraction of sp³-hybridized carbons (Fsp3) is 1.00. The minimum Gasteiger partial charge on any atom is -1.00 e. The molecule has 5 heteroatoms. The Morgan fingerprint density at radius 2 is 1.70 bits per heavy atom. The lowest BCUT2D eigenvalue weighted by molar-refractivity contribution is -0.806. The molecular formula is C5H11ClN2OS. The first-order valence-electron chi connectivity index (χ1n) is 3.22. The number of hydrogen-bond donors (Lipinski definition) is 1. The summed E-state index contributed by atoms with van der Waals surface area (Å²) >= 11 is 4.11. The molecule has 0 aromatic carbocycles. The van der Waals surface area contributed by atoms with Gasteiger partial charge in [0.25, 0.3) is 0 Å². The van der Waals surface area contributed by atoms with Crippen LogP contribution in [0.3, 0.4) is 0 Å². The van der Waals surface area contributed by atoms with E-state index in [1.165, 1.54) is 6.42 Å². The molecule has 0 spiro atoms. The van der Waals surface area contributed by atoms with Gasteiger partial charge in [-0.25, -0.2) is 0 Å². The van der Waals surface area contributed by atoms with Crippen molar-refractivity contribution in [3.05, 3.63) is 4.91 Å². The lowest BCUT2D eigenvalue weighted by Crippen LogP contribution is -3.00. The van der Waals surface area contributed by atoms with Gasteiger partial charge >= 0.3 is 0 Å². The first-order valence-corrected chi connectivity index (χ1v) is 3.62. The molecule has 0 saturated carbocycles. The van der Waals surface area contributed by atoms with E-state index in [1.807, 2.05) is 0 Å². The quantitative estimate of drug-likeness (QED) is 0.299.